The number of rotatable bonds is 7. The van der Waals surface area contributed by atoms with Gasteiger partial charge in [0.1, 0.15) is 5.76 Å². The lowest BCUT2D eigenvalue weighted by atomic mass is 10.7. The van der Waals surface area contributed by atoms with Crippen molar-refractivity contribution in [2.24, 2.45) is 0 Å². The van der Waals surface area contributed by atoms with Gasteiger partial charge in [-0.15, -0.1) is 0 Å². The average Bonchev–Trinajstić information content (AvgIpc) is 2.01. The van der Waals surface area contributed by atoms with Crippen molar-refractivity contribution in [3.05, 3.63) is 12.3 Å². The summed E-state index contributed by atoms with van der Waals surface area (Å²) in [5.41, 5.74) is 0. The second-order valence-corrected chi connectivity index (χ2v) is 10.5. The summed E-state index contributed by atoms with van der Waals surface area (Å²) in [6, 6.07) is 1.19. The van der Waals surface area contributed by atoms with Gasteiger partial charge >= 0.3 is 0 Å². The van der Waals surface area contributed by atoms with E-state index in [0.717, 1.165) is 16.8 Å². The fourth-order valence-corrected chi connectivity index (χ4v) is 1.58. The largest absolute Gasteiger partial charge is 0.472 e. The van der Waals surface area contributed by atoms with Crippen LogP contribution in [0.3, 0.4) is 0 Å². The maximum absolute atomic E-state index is 5.33. The number of hydrogen-bond donors (Lipinski definition) is 0. The molecule has 0 bridgehead atoms. The van der Waals surface area contributed by atoms with Gasteiger partial charge in [-0.3, -0.25) is 0 Å². The highest BCUT2D eigenvalue weighted by atomic mass is 127. The molecule has 0 aliphatic heterocycles. The summed E-state index contributed by atoms with van der Waals surface area (Å²) < 4.78 is 11.4. The lowest BCUT2D eigenvalue weighted by Gasteiger charge is -2.15. The van der Waals surface area contributed by atoms with Crippen molar-refractivity contribution in [2.45, 2.75) is 25.7 Å². The molecule has 0 heterocycles. The van der Waals surface area contributed by atoms with E-state index in [4.69, 9.17) is 9.47 Å². The minimum absolute atomic E-state index is 0.353. The lowest BCUT2D eigenvalue weighted by Crippen LogP contribution is -2.21. The maximum Gasteiger partial charge on any atom is 0.188 e. The van der Waals surface area contributed by atoms with Gasteiger partial charge in [-0.25, -0.2) is 0 Å². The Kier molecular flexibility index (Phi) is 7.07. The molecule has 0 atom stereocenters. The first-order valence-electron chi connectivity index (χ1n) is 4.40. The molecule has 0 fully saturated rings. The molecule has 13 heavy (non-hydrogen) atoms. The van der Waals surface area contributed by atoms with Crippen LogP contribution in [0.5, 0.6) is 0 Å². The molecule has 0 saturated heterocycles. The Morgan fingerprint density at radius 3 is 2.46 bits per heavy atom. The summed E-state index contributed by atoms with van der Waals surface area (Å²) in [4.78, 5) is 0. The van der Waals surface area contributed by atoms with E-state index in [2.05, 4.69) is 48.8 Å². The summed E-state index contributed by atoms with van der Waals surface area (Å²) in [5, 5.41) is 0. The fourth-order valence-electron chi connectivity index (χ4n) is 0.601. The molecule has 2 nitrogen and oxygen atoms in total. The molecule has 0 N–H and O–H groups in total. The Balaban J connectivity index is 3.22. The quantitative estimate of drug-likeness (QED) is 0.179. The lowest BCUT2D eigenvalue weighted by molar-refractivity contribution is -0.0158. The Bertz CT molecular complexity index is 154. The topological polar surface area (TPSA) is 18.5 Å². The summed E-state index contributed by atoms with van der Waals surface area (Å²) in [7, 11) is -0.947. The zero-order valence-corrected chi connectivity index (χ0v) is 11.9. The molecule has 0 amide bonds. The molecule has 4 heteroatoms. The van der Waals surface area contributed by atoms with Gasteiger partial charge in [0.25, 0.3) is 0 Å². The van der Waals surface area contributed by atoms with E-state index in [9.17, 15) is 0 Å². The molecule has 0 spiro atoms. The Labute approximate surface area is 95.8 Å². The number of hydrogen-bond acceptors (Lipinski definition) is 2. The fraction of sp³-hybridized carbons (Fsp3) is 0.778. The van der Waals surface area contributed by atoms with Crippen LogP contribution in [0.25, 0.3) is 0 Å². The molecule has 0 aromatic heterocycles. The predicted octanol–water partition coefficient (Wildman–Crippen LogP) is 3.26. The third-order valence-electron chi connectivity index (χ3n) is 1.49. The van der Waals surface area contributed by atoms with E-state index < -0.39 is 8.07 Å². The van der Waals surface area contributed by atoms with Gasteiger partial charge in [0.15, 0.2) is 6.79 Å². The van der Waals surface area contributed by atoms with E-state index in [-0.39, 0.29) is 0 Å². The molecule has 0 aliphatic carbocycles. The van der Waals surface area contributed by atoms with Gasteiger partial charge in [0, 0.05) is 14.7 Å². The SMILES string of the molecule is C=C(CI)OCOCC[Si](C)(C)C. The molecule has 0 aromatic rings. The molecule has 0 aliphatic rings. The van der Waals surface area contributed by atoms with Gasteiger partial charge < -0.3 is 9.47 Å². The third kappa shape index (κ3) is 10.4. The van der Waals surface area contributed by atoms with Crippen molar-refractivity contribution < 1.29 is 9.47 Å². The standard InChI is InChI=1S/C9H19IO2Si/c1-9(7-10)12-8-11-5-6-13(2,3)4/h1,5-8H2,2-4H3. The Morgan fingerprint density at radius 1 is 1.38 bits per heavy atom. The molecule has 78 valence electrons. The summed E-state index contributed by atoms with van der Waals surface area (Å²) in [6.45, 7) is 11.9. The second kappa shape index (κ2) is 6.84. The van der Waals surface area contributed by atoms with Crippen LogP contribution in [0.15, 0.2) is 12.3 Å². The monoisotopic (exact) mass is 314 g/mol. The number of alkyl halides is 1. The predicted molar refractivity (Wildman–Crippen MR) is 68.1 cm³/mol. The molecule has 0 radical (unpaired) electrons. The van der Waals surface area contributed by atoms with Gasteiger partial charge in [-0.1, -0.05) is 48.8 Å². The summed E-state index contributed by atoms with van der Waals surface area (Å²) in [5.74, 6) is 0.786. The highest BCUT2D eigenvalue weighted by Gasteiger charge is 2.11. The van der Waals surface area contributed by atoms with Crippen LogP contribution >= 0.6 is 22.6 Å². The van der Waals surface area contributed by atoms with E-state index in [1.165, 1.54) is 6.04 Å². The highest BCUT2D eigenvalue weighted by Crippen LogP contribution is 2.07. The zero-order valence-electron chi connectivity index (χ0n) is 8.73. The smallest absolute Gasteiger partial charge is 0.188 e. The van der Waals surface area contributed by atoms with Gasteiger partial charge in [-0.05, 0) is 6.04 Å². The van der Waals surface area contributed by atoms with Crippen molar-refractivity contribution in [3.8, 4) is 0 Å². The van der Waals surface area contributed by atoms with Crippen LogP contribution in [0.1, 0.15) is 0 Å². The van der Waals surface area contributed by atoms with Crippen molar-refractivity contribution in [1.82, 2.24) is 0 Å². The number of allylic oxidation sites excluding steroid dienone is 1. The number of halogens is 1. The van der Waals surface area contributed by atoms with Crippen LogP contribution in [-0.4, -0.2) is 25.9 Å². The van der Waals surface area contributed by atoms with Crippen LogP contribution in [0.2, 0.25) is 25.7 Å². The van der Waals surface area contributed by atoms with Crippen molar-refractivity contribution in [2.75, 3.05) is 17.8 Å². The first kappa shape index (κ1) is 13.4. The van der Waals surface area contributed by atoms with Crippen LogP contribution in [0, 0.1) is 0 Å². The summed E-state index contributed by atoms with van der Waals surface area (Å²) >= 11 is 2.21. The molecule has 0 rings (SSSR count). The van der Waals surface area contributed by atoms with Gasteiger partial charge in [0.2, 0.25) is 0 Å². The van der Waals surface area contributed by atoms with E-state index >= 15 is 0 Å². The van der Waals surface area contributed by atoms with Crippen molar-refractivity contribution in [3.63, 3.8) is 0 Å². The van der Waals surface area contributed by atoms with E-state index in [1.54, 1.807) is 0 Å². The van der Waals surface area contributed by atoms with Crippen LogP contribution < -0.4 is 0 Å². The normalized spacial score (nSPS) is 11.4. The Morgan fingerprint density at radius 2 is 2.00 bits per heavy atom. The average molecular weight is 314 g/mol. The third-order valence-corrected chi connectivity index (χ3v) is 4.05. The van der Waals surface area contributed by atoms with E-state index in [0.29, 0.717) is 6.79 Å². The minimum atomic E-state index is -0.947. The highest BCUT2D eigenvalue weighted by molar-refractivity contribution is 14.1. The van der Waals surface area contributed by atoms with Crippen LogP contribution in [-0.2, 0) is 9.47 Å². The number of ether oxygens (including phenoxy) is 2. The van der Waals surface area contributed by atoms with E-state index in [1.807, 2.05) is 0 Å². The molecule has 0 aromatic carbocycles. The minimum Gasteiger partial charge on any atom is -0.472 e. The molecular weight excluding hydrogens is 295 g/mol. The van der Waals surface area contributed by atoms with Crippen LogP contribution in [0.4, 0.5) is 0 Å². The summed E-state index contributed by atoms with van der Waals surface area (Å²) in [6.07, 6.45) is 0. The first-order chi connectivity index (χ1) is 5.95. The second-order valence-electron chi connectivity index (χ2n) is 4.15. The maximum atomic E-state index is 5.33. The molecular formula is C9H19IO2Si. The van der Waals surface area contributed by atoms with Gasteiger partial charge in [-0.2, -0.15) is 0 Å². The van der Waals surface area contributed by atoms with Crippen molar-refractivity contribution >= 4 is 30.7 Å². The molecule has 0 unspecified atom stereocenters. The first-order valence-corrected chi connectivity index (χ1v) is 9.63. The zero-order chi connectivity index (χ0) is 10.3. The van der Waals surface area contributed by atoms with Gasteiger partial charge in [0.05, 0.1) is 4.43 Å². The Hall–Kier alpha value is 0.447. The molecule has 0 saturated carbocycles. The van der Waals surface area contributed by atoms with Crippen molar-refractivity contribution in [1.29, 1.82) is 0 Å².